The Hall–Kier alpha value is -1.46. The van der Waals surface area contributed by atoms with Crippen molar-refractivity contribution >= 4 is 0 Å². The Bertz CT molecular complexity index is 474. The third-order valence-corrected chi connectivity index (χ3v) is 4.16. The summed E-state index contributed by atoms with van der Waals surface area (Å²) in [5.41, 5.74) is 1.12. The Kier molecular flexibility index (Phi) is 4.51. The lowest BCUT2D eigenvalue weighted by Crippen LogP contribution is -2.22. The van der Waals surface area contributed by atoms with Gasteiger partial charge in [0.25, 0.3) is 0 Å². The van der Waals surface area contributed by atoms with Crippen LogP contribution in [0.2, 0.25) is 0 Å². The molecule has 0 radical (unpaired) electrons. The smallest absolute Gasteiger partial charge is 0.203 e. The van der Waals surface area contributed by atoms with Gasteiger partial charge in [0, 0.05) is 6.54 Å². The van der Waals surface area contributed by atoms with Crippen molar-refractivity contribution in [1.29, 1.82) is 0 Å². The molecule has 1 fully saturated rings. The average molecular weight is 293 g/mol. The highest BCUT2D eigenvalue weighted by atomic mass is 16.6. The quantitative estimate of drug-likeness (QED) is 0.865. The third-order valence-electron chi connectivity index (χ3n) is 4.16. The van der Waals surface area contributed by atoms with Gasteiger partial charge in [0.1, 0.15) is 13.2 Å². The van der Waals surface area contributed by atoms with E-state index in [-0.39, 0.29) is 6.10 Å². The molecule has 0 bridgehead atoms. The van der Waals surface area contributed by atoms with Gasteiger partial charge >= 0.3 is 0 Å². The Labute approximate surface area is 125 Å². The van der Waals surface area contributed by atoms with Gasteiger partial charge in [0.2, 0.25) is 5.75 Å². The van der Waals surface area contributed by atoms with Gasteiger partial charge in [0.15, 0.2) is 11.5 Å². The number of aliphatic hydroxyl groups is 1. The summed E-state index contributed by atoms with van der Waals surface area (Å²) < 4.78 is 16.6. The van der Waals surface area contributed by atoms with Crippen LogP contribution in [-0.4, -0.2) is 38.1 Å². The molecule has 0 amide bonds. The maximum absolute atomic E-state index is 9.54. The highest BCUT2D eigenvalue weighted by molar-refractivity contribution is 5.54. The number of nitrogens with one attached hydrogen (secondary N) is 1. The van der Waals surface area contributed by atoms with E-state index in [1.54, 1.807) is 7.11 Å². The number of fused-ring (bicyclic) bond motifs is 1. The molecule has 2 unspecified atom stereocenters. The second-order valence-corrected chi connectivity index (χ2v) is 5.79. The van der Waals surface area contributed by atoms with E-state index in [9.17, 15) is 5.11 Å². The van der Waals surface area contributed by atoms with Crippen molar-refractivity contribution in [1.82, 2.24) is 5.32 Å². The number of methoxy groups -OCH3 is 1. The largest absolute Gasteiger partial charge is 0.493 e. The van der Waals surface area contributed by atoms with Crippen LogP contribution in [0.5, 0.6) is 17.2 Å². The van der Waals surface area contributed by atoms with Gasteiger partial charge in [-0.2, -0.15) is 0 Å². The van der Waals surface area contributed by atoms with Crippen molar-refractivity contribution < 1.29 is 19.3 Å². The standard InChI is InChI=1S/C16H23NO4/c1-19-14-7-12(8-15-16(14)21-5-4-20-15)10-17-9-11-2-3-13(18)6-11/h7-8,11,13,17-18H,2-6,9-10H2,1H3. The van der Waals surface area contributed by atoms with E-state index in [4.69, 9.17) is 14.2 Å². The van der Waals surface area contributed by atoms with Crippen LogP contribution >= 0.6 is 0 Å². The minimum absolute atomic E-state index is 0.105. The first-order valence-corrected chi connectivity index (χ1v) is 7.61. The fourth-order valence-electron chi connectivity index (χ4n) is 3.08. The second-order valence-electron chi connectivity index (χ2n) is 5.79. The Morgan fingerprint density at radius 1 is 1.29 bits per heavy atom. The Balaban J connectivity index is 1.60. The summed E-state index contributed by atoms with van der Waals surface area (Å²) in [5, 5.41) is 13.0. The normalized spacial score (nSPS) is 24.1. The molecule has 0 spiro atoms. The first kappa shape index (κ1) is 14.5. The molecule has 0 saturated heterocycles. The zero-order valence-corrected chi connectivity index (χ0v) is 12.4. The van der Waals surface area contributed by atoms with Gasteiger partial charge in [-0.15, -0.1) is 0 Å². The predicted molar refractivity (Wildman–Crippen MR) is 79.0 cm³/mol. The van der Waals surface area contributed by atoms with E-state index in [0.29, 0.717) is 24.9 Å². The van der Waals surface area contributed by atoms with Crippen LogP contribution in [0.25, 0.3) is 0 Å². The first-order chi connectivity index (χ1) is 10.3. The zero-order valence-electron chi connectivity index (χ0n) is 12.4. The Morgan fingerprint density at radius 3 is 2.90 bits per heavy atom. The van der Waals surface area contributed by atoms with Crippen LogP contribution < -0.4 is 19.5 Å². The maximum atomic E-state index is 9.54. The summed E-state index contributed by atoms with van der Waals surface area (Å²) in [7, 11) is 1.64. The molecular weight excluding hydrogens is 270 g/mol. The molecule has 0 aromatic heterocycles. The van der Waals surface area contributed by atoms with Crippen LogP contribution in [-0.2, 0) is 6.54 Å². The van der Waals surface area contributed by atoms with Gasteiger partial charge in [0.05, 0.1) is 13.2 Å². The summed E-state index contributed by atoms with van der Waals surface area (Å²) in [6.45, 7) is 2.84. The minimum atomic E-state index is -0.105. The molecule has 2 N–H and O–H groups in total. The fraction of sp³-hybridized carbons (Fsp3) is 0.625. The number of aliphatic hydroxyl groups excluding tert-OH is 1. The predicted octanol–water partition coefficient (Wildman–Crippen LogP) is 1.72. The van der Waals surface area contributed by atoms with Gasteiger partial charge in [-0.1, -0.05) is 0 Å². The van der Waals surface area contributed by atoms with Gasteiger partial charge in [-0.3, -0.25) is 0 Å². The summed E-state index contributed by atoms with van der Waals surface area (Å²) in [6.07, 6.45) is 2.85. The lowest BCUT2D eigenvalue weighted by atomic mass is 10.1. The summed E-state index contributed by atoms with van der Waals surface area (Å²) in [5.74, 6) is 2.76. The lowest BCUT2D eigenvalue weighted by molar-refractivity contribution is 0.165. The van der Waals surface area contributed by atoms with Crippen LogP contribution in [0.3, 0.4) is 0 Å². The van der Waals surface area contributed by atoms with Crippen LogP contribution in [0.15, 0.2) is 12.1 Å². The number of rotatable bonds is 5. The number of hydrogen-bond acceptors (Lipinski definition) is 5. The van der Waals surface area contributed by atoms with E-state index in [1.165, 1.54) is 0 Å². The second kappa shape index (κ2) is 6.54. The first-order valence-electron chi connectivity index (χ1n) is 7.61. The minimum Gasteiger partial charge on any atom is -0.493 e. The Morgan fingerprint density at radius 2 is 2.14 bits per heavy atom. The number of hydrogen-bond donors (Lipinski definition) is 2. The molecule has 1 aliphatic carbocycles. The van der Waals surface area contributed by atoms with Crippen molar-refractivity contribution in [2.75, 3.05) is 26.9 Å². The monoisotopic (exact) mass is 293 g/mol. The van der Waals surface area contributed by atoms with Crippen LogP contribution in [0, 0.1) is 5.92 Å². The molecule has 21 heavy (non-hydrogen) atoms. The molecule has 5 heteroatoms. The fourth-order valence-corrected chi connectivity index (χ4v) is 3.08. The van der Waals surface area contributed by atoms with E-state index in [1.807, 2.05) is 12.1 Å². The number of ether oxygens (including phenoxy) is 3. The van der Waals surface area contributed by atoms with Crippen molar-refractivity contribution in [2.45, 2.75) is 31.9 Å². The number of benzene rings is 1. The van der Waals surface area contributed by atoms with E-state index in [2.05, 4.69) is 5.32 Å². The summed E-state index contributed by atoms with van der Waals surface area (Å²) in [4.78, 5) is 0. The highest BCUT2D eigenvalue weighted by Gasteiger charge is 2.22. The third kappa shape index (κ3) is 3.41. The van der Waals surface area contributed by atoms with Crippen molar-refractivity contribution in [3.8, 4) is 17.2 Å². The molecule has 1 aliphatic heterocycles. The molecular formula is C16H23NO4. The zero-order chi connectivity index (χ0) is 14.7. The molecule has 1 heterocycles. The molecule has 3 rings (SSSR count). The van der Waals surface area contributed by atoms with E-state index >= 15 is 0 Å². The van der Waals surface area contributed by atoms with Crippen LogP contribution in [0.4, 0.5) is 0 Å². The van der Waals surface area contributed by atoms with E-state index < -0.39 is 0 Å². The van der Waals surface area contributed by atoms with E-state index in [0.717, 1.165) is 49.4 Å². The van der Waals surface area contributed by atoms with Crippen molar-refractivity contribution in [3.05, 3.63) is 17.7 Å². The molecule has 2 atom stereocenters. The summed E-state index contributed by atoms with van der Waals surface area (Å²) in [6, 6.07) is 4.00. The van der Waals surface area contributed by atoms with Gasteiger partial charge in [-0.05, 0) is 49.4 Å². The van der Waals surface area contributed by atoms with Crippen LogP contribution in [0.1, 0.15) is 24.8 Å². The lowest BCUT2D eigenvalue weighted by Gasteiger charge is -2.21. The molecule has 5 nitrogen and oxygen atoms in total. The van der Waals surface area contributed by atoms with Crippen molar-refractivity contribution in [2.24, 2.45) is 5.92 Å². The molecule has 2 aliphatic rings. The highest BCUT2D eigenvalue weighted by Crippen LogP contribution is 2.40. The topological polar surface area (TPSA) is 60.0 Å². The summed E-state index contributed by atoms with van der Waals surface area (Å²) >= 11 is 0. The van der Waals surface area contributed by atoms with Crippen molar-refractivity contribution in [3.63, 3.8) is 0 Å². The SMILES string of the molecule is COc1cc(CNCC2CCC(O)C2)cc2c1OCCO2. The molecule has 116 valence electrons. The molecule has 1 saturated carbocycles. The molecule has 1 aromatic carbocycles. The average Bonchev–Trinajstić information content (AvgIpc) is 2.92. The van der Waals surface area contributed by atoms with Gasteiger partial charge in [-0.25, -0.2) is 0 Å². The molecule has 1 aromatic rings. The maximum Gasteiger partial charge on any atom is 0.203 e. The van der Waals surface area contributed by atoms with Gasteiger partial charge < -0.3 is 24.6 Å².